The molecule has 0 aliphatic heterocycles. The minimum atomic E-state index is -4.48. The van der Waals surface area contributed by atoms with Crippen LogP contribution in [0.5, 0.6) is 6.01 Å². The predicted molar refractivity (Wildman–Crippen MR) is 116 cm³/mol. The van der Waals surface area contributed by atoms with E-state index in [1.807, 2.05) is 13.8 Å². The Balaban J connectivity index is 2.00. The molecule has 0 saturated heterocycles. The molecule has 0 unspecified atom stereocenters. The summed E-state index contributed by atoms with van der Waals surface area (Å²) in [6.45, 7) is 7.88. The summed E-state index contributed by atoms with van der Waals surface area (Å²) in [5.41, 5.74) is 0.640. The van der Waals surface area contributed by atoms with Crippen LogP contribution in [0.1, 0.15) is 33.3 Å². The summed E-state index contributed by atoms with van der Waals surface area (Å²) in [6, 6.07) is 11.8. The fourth-order valence-corrected chi connectivity index (χ4v) is 2.77. The number of nitrogens with one attached hydrogen (secondary N) is 1. The van der Waals surface area contributed by atoms with Gasteiger partial charge in [0.15, 0.2) is 5.82 Å². The van der Waals surface area contributed by atoms with Crippen molar-refractivity contribution in [3.05, 3.63) is 54.1 Å². The number of carbonyl (C=O) groups is 1. The molecule has 9 heteroatoms. The molecule has 1 N–H and O–H groups in total. The van der Waals surface area contributed by atoms with E-state index in [2.05, 4.69) is 15.4 Å². The highest BCUT2D eigenvalue weighted by Gasteiger charge is 2.31. The van der Waals surface area contributed by atoms with Crippen LogP contribution in [0.2, 0.25) is 0 Å². The summed E-state index contributed by atoms with van der Waals surface area (Å²) in [4.78, 5) is 16.2. The second-order valence-corrected chi connectivity index (χ2v) is 8.10. The number of hydrogen-bond acceptors (Lipinski definition) is 4. The summed E-state index contributed by atoms with van der Waals surface area (Å²) >= 11 is 0. The van der Waals surface area contributed by atoms with Gasteiger partial charge in [0.2, 0.25) is 5.91 Å². The molecule has 0 bridgehead atoms. The van der Waals surface area contributed by atoms with Gasteiger partial charge < -0.3 is 10.1 Å². The number of aromatic nitrogens is 3. The number of amides is 1. The number of ether oxygens (including phenoxy) is 1. The van der Waals surface area contributed by atoms with Gasteiger partial charge in [0.1, 0.15) is 0 Å². The second-order valence-electron chi connectivity index (χ2n) is 8.10. The Morgan fingerprint density at radius 3 is 2.38 bits per heavy atom. The molecule has 1 heterocycles. The third-order valence-corrected chi connectivity index (χ3v) is 4.49. The van der Waals surface area contributed by atoms with E-state index in [0.717, 1.165) is 12.1 Å². The highest BCUT2D eigenvalue weighted by molar-refractivity contribution is 5.92. The lowest BCUT2D eigenvalue weighted by atomic mass is 10.1. The van der Waals surface area contributed by atoms with Gasteiger partial charge in [-0.3, -0.25) is 4.79 Å². The van der Waals surface area contributed by atoms with Crippen LogP contribution in [0.4, 0.5) is 18.9 Å². The predicted octanol–water partition coefficient (Wildman–Crippen LogP) is 5.58. The van der Waals surface area contributed by atoms with Gasteiger partial charge >= 0.3 is 12.2 Å². The van der Waals surface area contributed by atoms with E-state index < -0.39 is 11.7 Å². The van der Waals surface area contributed by atoms with Crippen LogP contribution in [0.25, 0.3) is 17.1 Å². The van der Waals surface area contributed by atoms with Gasteiger partial charge in [0, 0.05) is 17.2 Å². The van der Waals surface area contributed by atoms with Crippen molar-refractivity contribution >= 4 is 11.6 Å². The van der Waals surface area contributed by atoms with Gasteiger partial charge in [-0.15, -0.1) is 5.10 Å². The number of halogens is 3. The SMILES string of the molecule is CC(C)COc1nc(-c2cccc(C(F)(F)F)c2)n(-c2ccc(NC(=O)C(C)C)cc2)n1. The molecule has 0 spiro atoms. The van der Waals surface area contributed by atoms with E-state index in [4.69, 9.17) is 4.74 Å². The van der Waals surface area contributed by atoms with Crippen molar-refractivity contribution in [1.29, 1.82) is 0 Å². The molecule has 0 fully saturated rings. The zero-order chi connectivity index (χ0) is 23.5. The maximum absolute atomic E-state index is 13.2. The number of alkyl halides is 3. The minimum Gasteiger partial charge on any atom is -0.462 e. The largest absolute Gasteiger partial charge is 0.462 e. The molecular weight excluding hydrogens is 421 g/mol. The Bertz CT molecular complexity index is 1070. The highest BCUT2D eigenvalue weighted by atomic mass is 19.4. The van der Waals surface area contributed by atoms with E-state index in [1.165, 1.54) is 10.7 Å². The molecule has 0 saturated carbocycles. The molecule has 1 aromatic heterocycles. The average Bonchev–Trinajstić information content (AvgIpc) is 3.16. The molecule has 0 radical (unpaired) electrons. The Hall–Kier alpha value is -3.36. The topological polar surface area (TPSA) is 69.0 Å². The third kappa shape index (κ3) is 5.66. The molecule has 0 aliphatic carbocycles. The van der Waals surface area contributed by atoms with Gasteiger partial charge in [0.05, 0.1) is 17.9 Å². The number of carbonyl (C=O) groups excluding carboxylic acids is 1. The number of nitrogens with zero attached hydrogens (tertiary/aromatic N) is 3. The molecule has 3 aromatic rings. The van der Waals surface area contributed by atoms with E-state index in [9.17, 15) is 18.0 Å². The van der Waals surface area contributed by atoms with E-state index >= 15 is 0 Å². The number of hydrogen-bond donors (Lipinski definition) is 1. The van der Waals surface area contributed by atoms with Crippen molar-refractivity contribution in [2.75, 3.05) is 11.9 Å². The lowest BCUT2D eigenvalue weighted by molar-refractivity contribution is -0.137. The van der Waals surface area contributed by atoms with E-state index in [-0.39, 0.29) is 35.1 Å². The van der Waals surface area contributed by atoms with Crippen molar-refractivity contribution in [3.8, 4) is 23.1 Å². The summed E-state index contributed by atoms with van der Waals surface area (Å²) in [5.74, 6) is 0.155. The molecule has 32 heavy (non-hydrogen) atoms. The lowest BCUT2D eigenvalue weighted by Crippen LogP contribution is -2.17. The van der Waals surface area contributed by atoms with Gasteiger partial charge in [-0.05, 0) is 42.3 Å². The fraction of sp³-hybridized carbons (Fsp3) is 0.348. The quantitative estimate of drug-likeness (QED) is 0.514. The van der Waals surface area contributed by atoms with Gasteiger partial charge in [-0.25, -0.2) is 4.68 Å². The van der Waals surface area contributed by atoms with Crippen LogP contribution >= 0.6 is 0 Å². The van der Waals surface area contributed by atoms with Crippen molar-refractivity contribution in [1.82, 2.24) is 14.8 Å². The first-order valence-corrected chi connectivity index (χ1v) is 10.2. The number of rotatable bonds is 7. The van der Waals surface area contributed by atoms with E-state index in [0.29, 0.717) is 18.0 Å². The first kappa shape index (κ1) is 23.3. The summed E-state index contributed by atoms with van der Waals surface area (Å²) in [5, 5.41) is 7.15. The molecule has 6 nitrogen and oxygen atoms in total. The summed E-state index contributed by atoms with van der Waals surface area (Å²) in [7, 11) is 0. The van der Waals surface area contributed by atoms with Crippen LogP contribution in [-0.2, 0) is 11.0 Å². The minimum absolute atomic E-state index is 0.0725. The monoisotopic (exact) mass is 446 g/mol. The standard InChI is InChI=1S/C23H25F3N4O2/c1-14(2)13-32-22-28-20(16-6-5-7-17(12-16)23(24,25)26)30(29-22)19-10-8-18(9-11-19)27-21(31)15(3)4/h5-12,14-15H,13H2,1-4H3,(H,27,31). The summed E-state index contributed by atoms with van der Waals surface area (Å²) in [6.07, 6.45) is -4.48. The van der Waals surface area contributed by atoms with Crippen LogP contribution in [-0.4, -0.2) is 27.3 Å². The molecular formula is C23H25F3N4O2. The van der Waals surface area contributed by atoms with Crippen molar-refractivity contribution < 1.29 is 22.7 Å². The first-order chi connectivity index (χ1) is 15.0. The van der Waals surface area contributed by atoms with Crippen LogP contribution in [0.15, 0.2) is 48.5 Å². The Morgan fingerprint density at radius 2 is 1.78 bits per heavy atom. The maximum Gasteiger partial charge on any atom is 0.416 e. The zero-order valence-electron chi connectivity index (χ0n) is 18.3. The van der Waals surface area contributed by atoms with Crippen molar-refractivity contribution in [2.24, 2.45) is 11.8 Å². The van der Waals surface area contributed by atoms with Crippen LogP contribution in [0.3, 0.4) is 0 Å². The summed E-state index contributed by atoms with van der Waals surface area (Å²) < 4.78 is 46.7. The van der Waals surface area contributed by atoms with Crippen LogP contribution in [0, 0.1) is 11.8 Å². The Kier molecular flexibility index (Phi) is 6.86. The number of benzene rings is 2. The Morgan fingerprint density at radius 1 is 1.09 bits per heavy atom. The first-order valence-electron chi connectivity index (χ1n) is 10.2. The molecule has 1 amide bonds. The molecule has 0 aliphatic rings. The van der Waals surface area contributed by atoms with Crippen molar-refractivity contribution in [2.45, 2.75) is 33.9 Å². The zero-order valence-corrected chi connectivity index (χ0v) is 18.3. The van der Waals surface area contributed by atoms with Crippen molar-refractivity contribution in [3.63, 3.8) is 0 Å². The molecule has 3 rings (SSSR count). The normalized spacial score (nSPS) is 11.8. The third-order valence-electron chi connectivity index (χ3n) is 4.49. The average molecular weight is 446 g/mol. The lowest BCUT2D eigenvalue weighted by Gasteiger charge is -2.11. The van der Waals surface area contributed by atoms with Gasteiger partial charge in [-0.2, -0.15) is 18.2 Å². The van der Waals surface area contributed by atoms with Gasteiger partial charge in [0.25, 0.3) is 0 Å². The van der Waals surface area contributed by atoms with E-state index in [1.54, 1.807) is 44.2 Å². The molecule has 2 aromatic carbocycles. The van der Waals surface area contributed by atoms with Crippen LogP contribution < -0.4 is 10.1 Å². The maximum atomic E-state index is 13.2. The fourth-order valence-electron chi connectivity index (χ4n) is 2.77. The smallest absolute Gasteiger partial charge is 0.416 e. The Labute approximate surface area is 184 Å². The molecule has 0 atom stereocenters. The highest BCUT2D eigenvalue weighted by Crippen LogP contribution is 2.33. The second kappa shape index (κ2) is 9.42. The number of anilines is 1. The molecule has 170 valence electrons. The van der Waals surface area contributed by atoms with Gasteiger partial charge in [-0.1, -0.05) is 39.8 Å².